The van der Waals surface area contributed by atoms with Crippen molar-refractivity contribution in [1.29, 1.82) is 0 Å². The van der Waals surface area contributed by atoms with E-state index in [4.69, 9.17) is 11.6 Å². The summed E-state index contributed by atoms with van der Waals surface area (Å²) in [5.41, 5.74) is 5.50. The number of hydrogen-bond acceptors (Lipinski definition) is 4. The van der Waals surface area contributed by atoms with E-state index in [-0.39, 0.29) is 0 Å². The van der Waals surface area contributed by atoms with Gasteiger partial charge in [0, 0.05) is 29.4 Å². The van der Waals surface area contributed by atoms with E-state index in [2.05, 4.69) is 57.7 Å². The second-order valence-electron chi connectivity index (χ2n) is 8.60. The Morgan fingerprint density at radius 2 is 1.68 bits per heavy atom. The van der Waals surface area contributed by atoms with Crippen LogP contribution >= 0.6 is 11.6 Å². The Bertz CT molecular complexity index is 931. The normalized spacial score (nSPS) is 15.2. The Kier molecular flexibility index (Phi) is 7.55. The molecule has 1 N–H and O–H groups in total. The first kappa shape index (κ1) is 21.8. The monoisotopic (exact) mass is 434 g/mol. The molecule has 4 nitrogen and oxygen atoms in total. The third kappa shape index (κ3) is 6.52. The fourth-order valence-electron chi connectivity index (χ4n) is 3.98. The average Bonchev–Trinajstić information content (AvgIpc) is 2.80. The zero-order valence-electron chi connectivity index (χ0n) is 18.2. The summed E-state index contributed by atoms with van der Waals surface area (Å²) in [5, 5.41) is 13.0. The van der Waals surface area contributed by atoms with Crippen molar-refractivity contribution in [2.45, 2.75) is 39.2 Å². The van der Waals surface area contributed by atoms with Crippen LogP contribution in [0.3, 0.4) is 0 Å². The summed E-state index contributed by atoms with van der Waals surface area (Å²) in [6.45, 7) is 6.80. The molecule has 3 aromatic rings. The first-order valence-corrected chi connectivity index (χ1v) is 11.7. The van der Waals surface area contributed by atoms with Crippen molar-refractivity contribution in [3.05, 3.63) is 76.9 Å². The molecular formula is C26H31ClN4. The van der Waals surface area contributed by atoms with E-state index in [1.54, 1.807) is 0 Å². The van der Waals surface area contributed by atoms with Crippen molar-refractivity contribution in [3.8, 4) is 11.3 Å². The lowest BCUT2D eigenvalue weighted by molar-refractivity contribution is 0.185. The van der Waals surface area contributed by atoms with Crippen LogP contribution in [-0.2, 0) is 13.0 Å². The summed E-state index contributed by atoms with van der Waals surface area (Å²) in [4.78, 5) is 2.57. The van der Waals surface area contributed by atoms with E-state index < -0.39 is 0 Å². The molecule has 162 valence electrons. The molecule has 1 fully saturated rings. The average molecular weight is 435 g/mol. The first-order valence-electron chi connectivity index (χ1n) is 11.3. The van der Waals surface area contributed by atoms with Crippen molar-refractivity contribution >= 4 is 17.3 Å². The molecule has 1 aliphatic rings. The number of anilines is 1. The van der Waals surface area contributed by atoms with Gasteiger partial charge in [-0.1, -0.05) is 42.8 Å². The fraction of sp³-hybridized carbons (Fsp3) is 0.385. The minimum Gasteiger partial charge on any atom is -0.385 e. The lowest BCUT2D eigenvalue weighted by atomic mass is 9.99. The third-order valence-corrected chi connectivity index (χ3v) is 6.29. The van der Waals surface area contributed by atoms with E-state index in [1.165, 1.54) is 37.2 Å². The van der Waals surface area contributed by atoms with Crippen molar-refractivity contribution < 1.29 is 0 Å². The maximum atomic E-state index is 5.95. The van der Waals surface area contributed by atoms with Crippen LogP contribution < -0.4 is 5.32 Å². The zero-order chi connectivity index (χ0) is 21.5. The highest BCUT2D eigenvalue weighted by Crippen LogP contribution is 2.20. The topological polar surface area (TPSA) is 41.0 Å². The number of rotatable bonds is 8. The number of nitrogens with zero attached hydrogens (tertiary/aromatic N) is 3. The first-order chi connectivity index (χ1) is 15.2. The zero-order valence-corrected chi connectivity index (χ0v) is 19.0. The molecule has 1 aromatic heterocycles. The van der Waals surface area contributed by atoms with Gasteiger partial charge in [0.25, 0.3) is 0 Å². The molecule has 0 spiro atoms. The molecule has 4 rings (SSSR count). The predicted octanol–water partition coefficient (Wildman–Crippen LogP) is 6.07. The maximum Gasteiger partial charge on any atom is 0.0929 e. The number of aryl methyl sites for hydroxylation is 1. The largest absolute Gasteiger partial charge is 0.385 e. The highest BCUT2D eigenvalue weighted by atomic mass is 35.5. The molecule has 5 heteroatoms. The van der Waals surface area contributed by atoms with Crippen LogP contribution in [0.5, 0.6) is 0 Å². The molecule has 2 aromatic carbocycles. The number of piperidine rings is 1. The smallest absolute Gasteiger partial charge is 0.0929 e. The summed E-state index contributed by atoms with van der Waals surface area (Å²) in [6, 6.07) is 20.7. The van der Waals surface area contributed by atoms with Gasteiger partial charge in [0.15, 0.2) is 0 Å². The van der Waals surface area contributed by atoms with Crippen molar-refractivity contribution in [1.82, 2.24) is 15.1 Å². The van der Waals surface area contributed by atoms with Gasteiger partial charge in [0.2, 0.25) is 0 Å². The fourth-order valence-corrected chi connectivity index (χ4v) is 4.10. The number of aromatic nitrogens is 2. The van der Waals surface area contributed by atoms with Crippen LogP contribution in [-0.4, -0.2) is 34.7 Å². The van der Waals surface area contributed by atoms with Crippen molar-refractivity contribution in [3.63, 3.8) is 0 Å². The lowest BCUT2D eigenvalue weighted by Gasteiger charge is -2.30. The number of halogens is 1. The number of benzene rings is 2. The standard InChI is InChI=1S/C26H31ClN4/c1-20-14-17-31(18-15-20)19-21-4-10-24(11-5-21)28-16-2-3-25-12-13-26(30-29-25)22-6-8-23(27)9-7-22/h4-13,20,28H,2-3,14-19H2,1H3. The highest BCUT2D eigenvalue weighted by Gasteiger charge is 2.15. The highest BCUT2D eigenvalue weighted by molar-refractivity contribution is 6.30. The van der Waals surface area contributed by atoms with Gasteiger partial charge in [0.1, 0.15) is 0 Å². The maximum absolute atomic E-state index is 5.95. The van der Waals surface area contributed by atoms with Crippen LogP contribution in [0.1, 0.15) is 37.4 Å². The van der Waals surface area contributed by atoms with Gasteiger partial charge in [-0.15, -0.1) is 0 Å². The Morgan fingerprint density at radius 3 is 2.35 bits per heavy atom. The molecule has 31 heavy (non-hydrogen) atoms. The van der Waals surface area contributed by atoms with Crippen LogP contribution in [0.4, 0.5) is 5.69 Å². The minimum absolute atomic E-state index is 0.729. The SMILES string of the molecule is CC1CCN(Cc2ccc(NCCCc3ccc(-c4ccc(Cl)cc4)nn3)cc2)CC1. The van der Waals surface area contributed by atoms with Gasteiger partial charge >= 0.3 is 0 Å². The predicted molar refractivity (Wildman–Crippen MR) is 129 cm³/mol. The molecule has 0 aliphatic carbocycles. The van der Waals surface area contributed by atoms with Crippen LogP contribution in [0.2, 0.25) is 5.02 Å². The van der Waals surface area contributed by atoms with Crippen LogP contribution in [0.25, 0.3) is 11.3 Å². The van der Waals surface area contributed by atoms with Gasteiger partial charge in [-0.3, -0.25) is 4.90 Å². The molecular weight excluding hydrogens is 404 g/mol. The molecule has 0 amide bonds. The molecule has 0 bridgehead atoms. The third-order valence-electron chi connectivity index (χ3n) is 6.03. The Labute approximate surface area is 190 Å². The summed E-state index contributed by atoms with van der Waals surface area (Å²) >= 11 is 5.95. The Hall–Kier alpha value is -2.43. The van der Waals surface area contributed by atoms with E-state index in [0.29, 0.717) is 0 Å². The van der Waals surface area contributed by atoms with Gasteiger partial charge in [-0.05, 0) is 86.7 Å². The van der Waals surface area contributed by atoms with Gasteiger partial charge in [-0.25, -0.2) is 0 Å². The minimum atomic E-state index is 0.729. The molecule has 0 unspecified atom stereocenters. The number of nitrogens with one attached hydrogen (secondary N) is 1. The second kappa shape index (κ2) is 10.7. The lowest BCUT2D eigenvalue weighted by Crippen LogP contribution is -2.32. The summed E-state index contributed by atoms with van der Waals surface area (Å²) in [6.07, 6.45) is 4.58. The Morgan fingerprint density at radius 1 is 0.935 bits per heavy atom. The van der Waals surface area contributed by atoms with Crippen molar-refractivity contribution in [2.75, 3.05) is 25.0 Å². The molecule has 1 saturated heterocycles. The quantitative estimate of drug-likeness (QED) is 0.436. The van der Waals surface area contributed by atoms with Gasteiger partial charge in [0.05, 0.1) is 11.4 Å². The molecule has 0 saturated carbocycles. The van der Waals surface area contributed by atoms with Gasteiger partial charge < -0.3 is 5.32 Å². The second-order valence-corrected chi connectivity index (χ2v) is 9.04. The molecule has 0 radical (unpaired) electrons. The number of hydrogen-bond donors (Lipinski definition) is 1. The molecule has 0 atom stereocenters. The number of likely N-dealkylation sites (tertiary alicyclic amines) is 1. The summed E-state index contributed by atoms with van der Waals surface area (Å²) < 4.78 is 0. The van der Waals surface area contributed by atoms with Crippen LogP contribution in [0.15, 0.2) is 60.7 Å². The van der Waals surface area contributed by atoms with E-state index in [9.17, 15) is 0 Å². The van der Waals surface area contributed by atoms with E-state index in [0.717, 1.165) is 53.8 Å². The van der Waals surface area contributed by atoms with Crippen LogP contribution in [0, 0.1) is 5.92 Å². The summed E-state index contributed by atoms with van der Waals surface area (Å²) in [5.74, 6) is 0.884. The van der Waals surface area contributed by atoms with Crippen molar-refractivity contribution in [2.24, 2.45) is 5.92 Å². The van der Waals surface area contributed by atoms with E-state index >= 15 is 0 Å². The summed E-state index contributed by atoms with van der Waals surface area (Å²) in [7, 11) is 0. The van der Waals surface area contributed by atoms with E-state index in [1.807, 2.05) is 30.3 Å². The molecule has 2 heterocycles. The van der Waals surface area contributed by atoms with Gasteiger partial charge in [-0.2, -0.15) is 10.2 Å². The molecule has 1 aliphatic heterocycles. The Balaban J connectivity index is 1.18.